The lowest BCUT2D eigenvalue weighted by Gasteiger charge is -2.19. The Hall–Kier alpha value is -4.93. The first-order valence-electron chi connectivity index (χ1n) is 13.6. The number of halogens is 2. The SMILES string of the molecule is CC(C)(C)C(=O)OCc1cc(C#N)ccc1C(O)c1ccc(F)cc1.N#Cc1ccc(C(O)c2ccc(F)cc2)c(CO)c1. The van der Waals surface area contributed by atoms with Gasteiger partial charge in [0.15, 0.2) is 0 Å². The summed E-state index contributed by atoms with van der Waals surface area (Å²) in [6, 6.07) is 24.5. The molecule has 0 aromatic heterocycles. The van der Waals surface area contributed by atoms with Gasteiger partial charge < -0.3 is 20.1 Å². The quantitative estimate of drug-likeness (QED) is 0.218. The lowest BCUT2D eigenvalue weighted by atomic mass is 9.95. The van der Waals surface area contributed by atoms with Crippen LogP contribution in [-0.2, 0) is 22.7 Å². The van der Waals surface area contributed by atoms with Gasteiger partial charge in [-0.15, -0.1) is 0 Å². The molecule has 0 saturated carbocycles. The second kappa shape index (κ2) is 15.0. The van der Waals surface area contributed by atoms with E-state index in [2.05, 4.69) is 0 Å². The fraction of sp³-hybridized carbons (Fsp3) is 0.229. The molecule has 4 rings (SSSR count). The highest BCUT2D eigenvalue weighted by Crippen LogP contribution is 2.28. The summed E-state index contributed by atoms with van der Waals surface area (Å²) >= 11 is 0. The zero-order valence-corrected chi connectivity index (χ0v) is 24.5. The molecule has 4 aromatic carbocycles. The van der Waals surface area contributed by atoms with Crippen LogP contribution in [0.2, 0.25) is 0 Å². The number of carbonyl (C=O) groups excluding carboxylic acids is 1. The minimum absolute atomic E-state index is 0.0563. The third-order valence-corrected chi connectivity index (χ3v) is 6.65. The Morgan fingerprint density at radius 1 is 0.750 bits per heavy atom. The van der Waals surface area contributed by atoms with Crippen molar-refractivity contribution >= 4 is 5.97 Å². The molecule has 0 spiro atoms. The number of aliphatic hydroxyl groups excluding tert-OH is 3. The number of rotatable bonds is 7. The maximum atomic E-state index is 13.1. The van der Waals surface area contributed by atoms with E-state index in [1.165, 1.54) is 54.6 Å². The van der Waals surface area contributed by atoms with E-state index in [1.54, 1.807) is 51.1 Å². The van der Waals surface area contributed by atoms with Gasteiger partial charge in [0.05, 0.1) is 35.3 Å². The first-order chi connectivity index (χ1) is 20.9. The molecule has 0 fully saturated rings. The van der Waals surface area contributed by atoms with E-state index in [0.717, 1.165) is 0 Å². The molecule has 44 heavy (non-hydrogen) atoms. The highest BCUT2D eigenvalue weighted by atomic mass is 19.1. The fourth-order valence-electron chi connectivity index (χ4n) is 4.16. The first-order valence-corrected chi connectivity index (χ1v) is 13.6. The minimum atomic E-state index is -1.02. The fourth-order valence-corrected chi connectivity index (χ4v) is 4.16. The second-order valence-electron chi connectivity index (χ2n) is 10.9. The molecule has 0 saturated heterocycles. The van der Waals surface area contributed by atoms with Gasteiger partial charge in [-0.3, -0.25) is 4.79 Å². The van der Waals surface area contributed by atoms with Crippen LogP contribution >= 0.6 is 0 Å². The molecule has 2 unspecified atom stereocenters. The van der Waals surface area contributed by atoms with E-state index in [1.807, 2.05) is 12.1 Å². The Morgan fingerprint density at radius 3 is 1.55 bits per heavy atom. The number of hydrogen-bond donors (Lipinski definition) is 3. The van der Waals surface area contributed by atoms with Crippen molar-refractivity contribution in [3.63, 3.8) is 0 Å². The van der Waals surface area contributed by atoms with Gasteiger partial charge in [-0.1, -0.05) is 36.4 Å². The van der Waals surface area contributed by atoms with Gasteiger partial charge in [0.25, 0.3) is 0 Å². The standard InChI is InChI=1S/C20H20FNO3.C15H12FNO2/c1-20(2,3)19(24)25-12-15-10-13(11-22)4-9-17(15)18(23)14-5-7-16(21)8-6-14;16-13-4-2-11(3-5-13)15(19)14-6-1-10(8-17)7-12(14)9-18/h4-10,18,23H,12H2,1-3H3;1-7,15,18-19H,9H2. The van der Waals surface area contributed by atoms with Crippen molar-refractivity contribution in [1.82, 2.24) is 0 Å². The van der Waals surface area contributed by atoms with Crippen molar-refractivity contribution in [2.75, 3.05) is 0 Å². The molecule has 0 heterocycles. The molecule has 0 radical (unpaired) electrons. The number of nitriles is 2. The number of benzene rings is 4. The van der Waals surface area contributed by atoms with Gasteiger partial charge in [0, 0.05) is 0 Å². The third kappa shape index (κ3) is 8.79. The number of aliphatic hydroxyl groups is 3. The van der Waals surface area contributed by atoms with Gasteiger partial charge in [-0.25, -0.2) is 8.78 Å². The molecule has 0 aliphatic heterocycles. The Balaban J connectivity index is 0.000000249. The van der Waals surface area contributed by atoms with Crippen molar-refractivity contribution in [3.8, 4) is 12.1 Å². The molecule has 4 aromatic rings. The van der Waals surface area contributed by atoms with E-state index in [9.17, 15) is 28.9 Å². The van der Waals surface area contributed by atoms with Crippen LogP contribution in [0, 0.1) is 39.7 Å². The van der Waals surface area contributed by atoms with E-state index in [-0.39, 0.29) is 25.0 Å². The molecule has 9 heteroatoms. The summed E-state index contributed by atoms with van der Waals surface area (Å²) in [6.45, 7) is 4.91. The maximum absolute atomic E-state index is 13.1. The molecule has 0 bridgehead atoms. The molecule has 7 nitrogen and oxygen atoms in total. The topological polar surface area (TPSA) is 135 Å². The van der Waals surface area contributed by atoms with Crippen LogP contribution in [-0.4, -0.2) is 21.3 Å². The summed E-state index contributed by atoms with van der Waals surface area (Å²) in [5.74, 6) is -1.15. The predicted octanol–water partition coefficient (Wildman–Crippen LogP) is 6.14. The lowest BCUT2D eigenvalue weighted by molar-refractivity contribution is -0.154. The predicted molar refractivity (Wildman–Crippen MR) is 158 cm³/mol. The van der Waals surface area contributed by atoms with E-state index in [4.69, 9.17) is 15.3 Å². The van der Waals surface area contributed by atoms with Crippen LogP contribution in [0.3, 0.4) is 0 Å². The van der Waals surface area contributed by atoms with Crippen LogP contribution in [0.25, 0.3) is 0 Å². The molecule has 0 aliphatic carbocycles. The Kier molecular flexibility index (Phi) is 11.4. The Labute approximate surface area is 254 Å². The van der Waals surface area contributed by atoms with Crippen molar-refractivity contribution in [2.45, 2.75) is 46.2 Å². The zero-order valence-electron chi connectivity index (χ0n) is 24.5. The van der Waals surface area contributed by atoms with Crippen LogP contribution in [0.5, 0.6) is 0 Å². The third-order valence-electron chi connectivity index (χ3n) is 6.65. The van der Waals surface area contributed by atoms with Crippen LogP contribution < -0.4 is 0 Å². The van der Waals surface area contributed by atoms with Crippen LogP contribution in [0.1, 0.15) is 77.5 Å². The molecular formula is C35H32F2N2O5. The summed E-state index contributed by atoms with van der Waals surface area (Å²) in [5.41, 5.74) is 3.24. The normalized spacial score (nSPS) is 12.1. The molecule has 0 aliphatic rings. The monoisotopic (exact) mass is 598 g/mol. The van der Waals surface area contributed by atoms with Crippen molar-refractivity contribution in [3.05, 3.63) is 141 Å². The average molecular weight is 599 g/mol. The van der Waals surface area contributed by atoms with E-state index >= 15 is 0 Å². The molecule has 226 valence electrons. The number of nitrogens with zero attached hydrogens (tertiary/aromatic N) is 2. The summed E-state index contributed by atoms with van der Waals surface area (Å²) in [6.07, 6.45) is -1.98. The highest BCUT2D eigenvalue weighted by molar-refractivity contribution is 5.75. The van der Waals surface area contributed by atoms with Crippen molar-refractivity contribution in [1.29, 1.82) is 10.5 Å². The Morgan fingerprint density at radius 2 is 1.16 bits per heavy atom. The number of carbonyl (C=O) groups is 1. The Bertz CT molecular complexity index is 1670. The summed E-state index contributed by atoms with van der Waals surface area (Å²) in [4.78, 5) is 12.0. The largest absolute Gasteiger partial charge is 0.460 e. The molecule has 3 N–H and O–H groups in total. The van der Waals surface area contributed by atoms with Crippen molar-refractivity contribution in [2.24, 2.45) is 5.41 Å². The second-order valence-corrected chi connectivity index (χ2v) is 10.9. The zero-order chi connectivity index (χ0) is 32.4. The first kappa shape index (κ1) is 33.6. The highest BCUT2D eigenvalue weighted by Gasteiger charge is 2.24. The van der Waals surface area contributed by atoms with Crippen LogP contribution in [0.15, 0.2) is 84.9 Å². The van der Waals surface area contributed by atoms with Gasteiger partial charge in [-0.2, -0.15) is 10.5 Å². The molecule has 2 atom stereocenters. The summed E-state index contributed by atoms with van der Waals surface area (Å²) in [5, 5.41) is 48.0. The number of hydrogen-bond acceptors (Lipinski definition) is 7. The van der Waals surface area contributed by atoms with E-state index < -0.39 is 23.4 Å². The number of esters is 1. The maximum Gasteiger partial charge on any atom is 0.311 e. The smallest absolute Gasteiger partial charge is 0.311 e. The summed E-state index contributed by atoms with van der Waals surface area (Å²) < 4.78 is 31.2. The summed E-state index contributed by atoms with van der Waals surface area (Å²) in [7, 11) is 0. The average Bonchev–Trinajstić information content (AvgIpc) is 3.03. The number of ether oxygens (including phenoxy) is 1. The lowest BCUT2D eigenvalue weighted by Crippen LogP contribution is -2.23. The molecule has 0 amide bonds. The minimum Gasteiger partial charge on any atom is -0.460 e. The van der Waals surface area contributed by atoms with Gasteiger partial charge >= 0.3 is 5.97 Å². The van der Waals surface area contributed by atoms with Crippen LogP contribution in [0.4, 0.5) is 8.78 Å². The van der Waals surface area contributed by atoms with E-state index in [0.29, 0.717) is 44.5 Å². The van der Waals surface area contributed by atoms with Gasteiger partial charge in [0.2, 0.25) is 0 Å². The molecular weight excluding hydrogens is 566 g/mol. The van der Waals surface area contributed by atoms with Crippen molar-refractivity contribution < 1.29 is 33.6 Å². The van der Waals surface area contributed by atoms with Gasteiger partial charge in [0.1, 0.15) is 30.4 Å². The van der Waals surface area contributed by atoms with Gasteiger partial charge in [-0.05, 0) is 103 Å².